The predicted molar refractivity (Wildman–Crippen MR) is 55.3 cm³/mol. The first-order valence-electron chi connectivity index (χ1n) is 4.23. The Morgan fingerprint density at radius 2 is 2.29 bits per heavy atom. The van der Waals surface area contributed by atoms with Gasteiger partial charge in [0.15, 0.2) is 0 Å². The first-order chi connectivity index (χ1) is 6.70. The van der Waals surface area contributed by atoms with Crippen molar-refractivity contribution in [3.05, 3.63) is 48.4 Å². The third kappa shape index (κ3) is 1.93. The number of hydrogen-bond acceptors (Lipinski definition) is 3. The number of methoxy groups -OCH3 is 1. The van der Waals surface area contributed by atoms with Crippen molar-refractivity contribution >= 4 is 5.97 Å². The molecule has 0 unspecified atom stereocenters. The zero-order chi connectivity index (χ0) is 10.6. The zero-order valence-electron chi connectivity index (χ0n) is 8.36. The van der Waals surface area contributed by atoms with Crippen molar-refractivity contribution in [2.75, 3.05) is 14.2 Å². The van der Waals surface area contributed by atoms with Crippen LogP contribution in [0.15, 0.2) is 48.4 Å². The van der Waals surface area contributed by atoms with E-state index < -0.39 is 0 Å². The highest BCUT2D eigenvalue weighted by Gasteiger charge is 2.14. The molecular formula is C11H13NO2. The summed E-state index contributed by atoms with van der Waals surface area (Å²) < 4.78 is 4.65. The van der Waals surface area contributed by atoms with Gasteiger partial charge in [0.25, 0.3) is 0 Å². The van der Waals surface area contributed by atoms with Gasteiger partial charge in [0.1, 0.15) is 0 Å². The fourth-order valence-electron chi connectivity index (χ4n) is 1.21. The zero-order valence-corrected chi connectivity index (χ0v) is 8.36. The minimum absolute atomic E-state index is 0.373. The van der Waals surface area contributed by atoms with Crippen LogP contribution >= 0.6 is 0 Å². The van der Waals surface area contributed by atoms with E-state index in [2.05, 4.69) is 11.3 Å². The Kier molecular flexibility index (Phi) is 3.29. The smallest absolute Gasteiger partial charge is 0.339 e. The summed E-state index contributed by atoms with van der Waals surface area (Å²) >= 11 is 0. The van der Waals surface area contributed by atoms with Gasteiger partial charge in [-0.2, -0.15) is 0 Å². The maximum Gasteiger partial charge on any atom is 0.339 e. The summed E-state index contributed by atoms with van der Waals surface area (Å²) in [7, 11) is 3.22. The number of nitrogens with zero attached hydrogens (tertiary/aromatic N) is 1. The van der Waals surface area contributed by atoms with Crippen molar-refractivity contribution < 1.29 is 9.53 Å². The molecule has 0 atom stereocenters. The second-order valence-corrected chi connectivity index (χ2v) is 2.81. The molecule has 74 valence electrons. The molecule has 0 aliphatic carbocycles. The van der Waals surface area contributed by atoms with Gasteiger partial charge in [-0.25, -0.2) is 4.79 Å². The quantitative estimate of drug-likeness (QED) is 0.490. The number of ether oxygens (including phenoxy) is 1. The molecule has 1 aliphatic rings. The van der Waals surface area contributed by atoms with Crippen molar-refractivity contribution in [1.82, 2.24) is 4.90 Å². The van der Waals surface area contributed by atoms with Crippen LogP contribution < -0.4 is 0 Å². The fraction of sp³-hybridized carbons (Fsp3) is 0.182. The molecule has 0 aromatic heterocycles. The van der Waals surface area contributed by atoms with Crippen LogP contribution in [0.4, 0.5) is 0 Å². The Bertz CT molecular complexity index is 337. The third-order valence-corrected chi connectivity index (χ3v) is 1.94. The number of carbonyl (C=O) groups is 1. The van der Waals surface area contributed by atoms with E-state index in [1.807, 2.05) is 36.4 Å². The molecule has 1 heterocycles. The van der Waals surface area contributed by atoms with Crippen LogP contribution in [0.1, 0.15) is 0 Å². The maximum atomic E-state index is 11.4. The van der Waals surface area contributed by atoms with Crippen molar-refractivity contribution in [2.45, 2.75) is 0 Å². The van der Waals surface area contributed by atoms with E-state index in [1.54, 1.807) is 0 Å². The average Bonchev–Trinajstić information content (AvgIpc) is 2.21. The van der Waals surface area contributed by atoms with E-state index in [1.165, 1.54) is 13.2 Å². The van der Waals surface area contributed by atoms with Gasteiger partial charge in [-0.3, -0.25) is 0 Å². The van der Waals surface area contributed by atoms with Gasteiger partial charge in [0.2, 0.25) is 0 Å². The summed E-state index contributed by atoms with van der Waals surface area (Å²) in [6, 6.07) is 0. The molecule has 1 aliphatic heterocycles. The van der Waals surface area contributed by atoms with Gasteiger partial charge in [0.05, 0.1) is 18.4 Å². The first-order valence-corrected chi connectivity index (χ1v) is 4.23. The lowest BCUT2D eigenvalue weighted by Crippen LogP contribution is -2.16. The Hall–Kier alpha value is -1.77. The lowest BCUT2D eigenvalue weighted by Gasteiger charge is -2.19. The van der Waals surface area contributed by atoms with E-state index >= 15 is 0 Å². The maximum absolute atomic E-state index is 11.4. The summed E-state index contributed by atoms with van der Waals surface area (Å²) in [6.45, 7) is 3.60. The summed E-state index contributed by atoms with van der Waals surface area (Å²) in [5.41, 5.74) is 1.25. The molecule has 0 aromatic carbocycles. The van der Waals surface area contributed by atoms with E-state index in [0.717, 1.165) is 5.70 Å². The minimum Gasteiger partial charge on any atom is -0.465 e. The molecule has 3 heteroatoms. The monoisotopic (exact) mass is 191 g/mol. The lowest BCUT2D eigenvalue weighted by molar-refractivity contribution is -0.135. The predicted octanol–water partition coefficient (Wildman–Crippen LogP) is 1.61. The fourth-order valence-corrected chi connectivity index (χ4v) is 1.21. The molecular weight excluding hydrogens is 178 g/mol. The number of hydrogen-bond donors (Lipinski definition) is 0. The van der Waals surface area contributed by atoms with Crippen LogP contribution in [0.25, 0.3) is 0 Å². The van der Waals surface area contributed by atoms with Crippen LogP contribution in [-0.4, -0.2) is 25.0 Å². The number of allylic oxidation sites excluding steroid dienone is 3. The molecule has 0 saturated heterocycles. The van der Waals surface area contributed by atoms with E-state index in [9.17, 15) is 4.79 Å². The molecule has 0 bridgehead atoms. The highest BCUT2D eigenvalue weighted by Crippen LogP contribution is 2.16. The largest absolute Gasteiger partial charge is 0.465 e. The first kappa shape index (κ1) is 10.3. The molecule has 0 spiro atoms. The molecule has 0 radical (unpaired) electrons. The van der Waals surface area contributed by atoms with Gasteiger partial charge in [0, 0.05) is 13.2 Å². The lowest BCUT2D eigenvalue weighted by atomic mass is 10.1. The van der Waals surface area contributed by atoms with Crippen LogP contribution in [0.5, 0.6) is 0 Å². The van der Waals surface area contributed by atoms with Gasteiger partial charge in [-0.05, 0) is 12.2 Å². The summed E-state index contributed by atoms with van der Waals surface area (Å²) in [6.07, 6.45) is 8.96. The van der Waals surface area contributed by atoms with Crippen molar-refractivity contribution in [1.29, 1.82) is 0 Å². The second kappa shape index (κ2) is 4.46. The minimum atomic E-state index is -0.373. The summed E-state index contributed by atoms with van der Waals surface area (Å²) in [5, 5.41) is 0. The Labute approximate surface area is 83.7 Å². The molecule has 3 nitrogen and oxygen atoms in total. The molecule has 0 amide bonds. The summed E-state index contributed by atoms with van der Waals surface area (Å²) in [5.74, 6) is -0.373. The van der Waals surface area contributed by atoms with Crippen LogP contribution in [-0.2, 0) is 9.53 Å². The van der Waals surface area contributed by atoms with Gasteiger partial charge < -0.3 is 9.64 Å². The van der Waals surface area contributed by atoms with Crippen molar-refractivity contribution in [2.24, 2.45) is 0 Å². The van der Waals surface area contributed by atoms with Crippen LogP contribution in [0, 0.1) is 0 Å². The van der Waals surface area contributed by atoms with E-state index in [-0.39, 0.29) is 5.97 Å². The van der Waals surface area contributed by atoms with Gasteiger partial charge >= 0.3 is 5.97 Å². The Balaban J connectivity index is 3.11. The van der Waals surface area contributed by atoms with Crippen LogP contribution in [0.3, 0.4) is 0 Å². The van der Waals surface area contributed by atoms with Crippen molar-refractivity contribution in [3.63, 3.8) is 0 Å². The molecule has 1 rings (SSSR count). The Morgan fingerprint density at radius 1 is 1.57 bits per heavy atom. The highest BCUT2D eigenvalue weighted by molar-refractivity contribution is 5.92. The van der Waals surface area contributed by atoms with Gasteiger partial charge in [-0.1, -0.05) is 18.7 Å². The Morgan fingerprint density at radius 3 is 2.79 bits per heavy atom. The van der Waals surface area contributed by atoms with E-state index in [4.69, 9.17) is 0 Å². The molecule has 0 N–H and O–H groups in total. The molecule has 0 saturated carbocycles. The third-order valence-electron chi connectivity index (χ3n) is 1.94. The molecule has 14 heavy (non-hydrogen) atoms. The SMILES string of the molecule is C=C/C(C(=O)OC)=C1/C=CC=CN1C. The normalized spacial score (nSPS) is 18.0. The van der Waals surface area contributed by atoms with Gasteiger partial charge in [-0.15, -0.1) is 0 Å². The molecule has 0 aromatic rings. The average molecular weight is 191 g/mol. The van der Waals surface area contributed by atoms with Crippen LogP contribution in [0.2, 0.25) is 0 Å². The highest BCUT2D eigenvalue weighted by atomic mass is 16.5. The second-order valence-electron chi connectivity index (χ2n) is 2.81. The summed E-state index contributed by atoms with van der Waals surface area (Å²) in [4.78, 5) is 13.2. The number of carbonyl (C=O) groups excluding carboxylic acids is 1. The molecule has 0 fully saturated rings. The topological polar surface area (TPSA) is 29.5 Å². The van der Waals surface area contributed by atoms with E-state index in [0.29, 0.717) is 5.57 Å². The standard InChI is InChI=1S/C11H13NO2/c1-4-9(11(13)14-3)10-7-5-6-8-12(10)2/h4-8H,1H2,2-3H3/b10-9+. The number of esters is 1. The van der Waals surface area contributed by atoms with Crippen molar-refractivity contribution in [3.8, 4) is 0 Å². The number of rotatable bonds is 2. The number of likely N-dealkylation sites (N-methyl/N-ethyl adjacent to an activating group) is 1.